The Labute approximate surface area is 162 Å². The van der Waals surface area contributed by atoms with Crippen LogP contribution in [0.15, 0.2) is 40.2 Å². The number of guanidine groups is 1. The summed E-state index contributed by atoms with van der Waals surface area (Å²) in [5.74, 6) is 1.94. The minimum atomic E-state index is 0. The summed E-state index contributed by atoms with van der Waals surface area (Å²) in [7, 11) is 0. The molecule has 23 heavy (non-hydrogen) atoms. The van der Waals surface area contributed by atoms with Gasteiger partial charge in [-0.05, 0) is 38.8 Å². The molecule has 0 saturated heterocycles. The first kappa shape index (κ1) is 22.5. The van der Waals surface area contributed by atoms with Crippen LogP contribution in [-0.4, -0.2) is 44.6 Å². The highest BCUT2D eigenvalue weighted by molar-refractivity contribution is 14.0. The Morgan fingerprint density at radius 3 is 2.61 bits per heavy atom. The highest BCUT2D eigenvalue weighted by atomic mass is 127. The van der Waals surface area contributed by atoms with Crippen LogP contribution in [0.4, 0.5) is 0 Å². The van der Waals surface area contributed by atoms with Crippen LogP contribution in [0.5, 0.6) is 0 Å². The number of unbranched alkanes of at least 4 members (excludes halogenated alkanes) is 1. The number of thioether (sulfide) groups is 1. The first-order valence-corrected chi connectivity index (χ1v) is 9.13. The number of hydrogen-bond acceptors (Lipinski definition) is 3. The molecule has 0 unspecified atom stereocenters. The van der Waals surface area contributed by atoms with E-state index in [9.17, 15) is 0 Å². The van der Waals surface area contributed by atoms with Crippen molar-refractivity contribution in [3.05, 3.63) is 30.3 Å². The van der Waals surface area contributed by atoms with E-state index in [0.29, 0.717) is 0 Å². The van der Waals surface area contributed by atoms with Crippen LogP contribution in [-0.2, 0) is 4.74 Å². The van der Waals surface area contributed by atoms with Gasteiger partial charge in [0.15, 0.2) is 5.96 Å². The number of rotatable bonds is 11. The molecule has 0 saturated carbocycles. The molecular formula is C17H30IN3OS. The van der Waals surface area contributed by atoms with Crippen molar-refractivity contribution in [2.24, 2.45) is 4.99 Å². The van der Waals surface area contributed by atoms with Crippen molar-refractivity contribution in [2.45, 2.75) is 31.6 Å². The summed E-state index contributed by atoms with van der Waals surface area (Å²) < 4.78 is 5.33. The van der Waals surface area contributed by atoms with E-state index in [1.807, 2.05) is 24.8 Å². The fourth-order valence-corrected chi connectivity index (χ4v) is 2.64. The molecule has 4 nitrogen and oxygen atoms in total. The molecule has 0 aromatic heterocycles. The number of nitrogens with zero attached hydrogens (tertiary/aromatic N) is 1. The van der Waals surface area contributed by atoms with Gasteiger partial charge in [-0.2, -0.15) is 0 Å². The highest BCUT2D eigenvalue weighted by Gasteiger charge is 1.97. The minimum absolute atomic E-state index is 0. The van der Waals surface area contributed by atoms with Crippen molar-refractivity contribution in [3.63, 3.8) is 0 Å². The Hall–Kier alpha value is -0.470. The Balaban J connectivity index is 0.00000484. The molecule has 0 heterocycles. The number of ether oxygens (including phenoxy) is 1. The fraction of sp³-hybridized carbons (Fsp3) is 0.588. The van der Waals surface area contributed by atoms with Gasteiger partial charge in [0.25, 0.3) is 0 Å². The molecule has 0 aliphatic carbocycles. The maximum Gasteiger partial charge on any atom is 0.191 e. The van der Waals surface area contributed by atoms with Gasteiger partial charge in [-0.3, -0.25) is 4.99 Å². The lowest BCUT2D eigenvalue weighted by atomic mass is 10.3. The van der Waals surface area contributed by atoms with E-state index in [4.69, 9.17) is 4.74 Å². The van der Waals surface area contributed by atoms with Crippen molar-refractivity contribution >= 4 is 41.7 Å². The molecule has 0 fully saturated rings. The van der Waals surface area contributed by atoms with Crippen LogP contribution < -0.4 is 10.6 Å². The summed E-state index contributed by atoms with van der Waals surface area (Å²) >= 11 is 1.86. The van der Waals surface area contributed by atoms with Crippen molar-refractivity contribution in [1.29, 1.82) is 0 Å². The summed E-state index contributed by atoms with van der Waals surface area (Å²) in [6.45, 7) is 8.38. The lowest BCUT2D eigenvalue weighted by molar-refractivity contribution is 0.144. The van der Waals surface area contributed by atoms with Gasteiger partial charge >= 0.3 is 0 Å². The topological polar surface area (TPSA) is 45.7 Å². The van der Waals surface area contributed by atoms with Crippen molar-refractivity contribution in [1.82, 2.24) is 10.6 Å². The number of nitrogens with one attached hydrogen (secondary N) is 2. The Bertz CT molecular complexity index is 404. The number of halogens is 1. The predicted octanol–water partition coefficient (Wildman–Crippen LogP) is 3.77. The van der Waals surface area contributed by atoms with Crippen molar-refractivity contribution < 1.29 is 4.74 Å². The third-order valence-corrected chi connectivity index (χ3v) is 3.94. The van der Waals surface area contributed by atoms with Gasteiger partial charge in [-0.15, -0.1) is 35.7 Å². The van der Waals surface area contributed by atoms with E-state index >= 15 is 0 Å². The molecule has 0 radical (unpaired) electrons. The van der Waals surface area contributed by atoms with E-state index in [1.165, 1.54) is 4.90 Å². The largest absolute Gasteiger partial charge is 0.382 e. The summed E-state index contributed by atoms with van der Waals surface area (Å²) in [5.41, 5.74) is 0. The van der Waals surface area contributed by atoms with Crippen LogP contribution in [0.2, 0.25) is 0 Å². The monoisotopic (exact) mass is 451 g/mol. The van der Waals surface area contributed by atoms with Gasteiger partial charge in [-0.25, -0.2) is 0 Å². The van der Waals surface area contributed by atoms with Crippen LogP contribution >= 0.6 is 35.7 Å². The maximum absolute atomic E-state index is 5.33. The van der Waals surface area contributed by atoms with E-state index in [0.717, 1.165) is 57.4 Å². The van der Waals surface area contributed by atoms with E-state index in [1.54, 1.807) is 0 Å². The molecule has 0 atom stereocenters. The molecule has 1 aromatic carbocycles. The number of hydrogen-bond donors (Lipinski definition) is 2. The molecule has 1 rings (SSSR count). The van der Waals surface area contributed by atoms with Gasteiger partial charge in [0.2, 0.25) is 0 Å². The zero-order valence-corrected chi connectivity index (χ0v) is 17.4. The molecule has 0 bridgehead atoms. The van der Waals surface area contributed by atoms with Gasteiger partial charge in [-0.1, -0.05) is 18.2 Å². The molecule has 132 valence electrons. The molecule has 0 amide bonds. The first-order chi connectivity index (χ1) is 10.9. The lowest BCUT2D eigenvalue weighted by Gasteiger charge is -2.11. The third kappa shape index (κ3) is 12.6. The van der Waals surface area contributed by atoms with Gasteiger partial charge in [0.05, 0.1) is 0 Å². The van der Waals surface area contributed by atoms with E-state index < -0.39 is 0 Å². The second-order valence-corrected chi connectivity index (χ2v) is 5.92. The predicted molar refractivity (Wildman–Crippen MR) is 112 cm³/mol. The van der Waals surface area contributed by atoms with E-state index in [2.05, 4.69) is 46.8 Å². The molecule has 2 N–H and O–H groups in total. The van der Waals surface area contributed by atoms with Crippen LogP contribution in [0.25, 0.3) is 0 Å². The quantitative estimate of drug-likeness (QED) is 0.177. The summed E-state index contributed by atoms with van der Waals surface area (Å²) in [5, 5.41) is 6.66. The van der Waals surface area contributed by atoms with Crippen LogP contribution in [0.1, 0.15) is 26.7 Å². The normalized spacial score (nSPS) is 11.0. The van der Waals surface area contributed by atoms with Crippen molar-refractivity contribution in [3.8, 4) is 0 Å². The molecular weight excluding hydrogens is 421 g/mol. The molecule has 0 aliphatic rings. The van der Waals surface area contributed by atoms with Crippen LogP contribution in [0, 0.1) is 0 Å². The molecule has 0 aliphatic heterocycles. The zero-order valence-electron chi connectivity index (χ0n) is 14.2. The minimum Gasteiger partial charge on any atom is -0.382 e. The van der Waals surface area contributed by atoms with E-state index in [-0.39, 0.29) is 24.0 Å². The zero-order chi connectivity index (χ0) is 15.9. The van der Waals surface area contributed by atoms with Gasteiger partial charge in [0, 0.05) is 43.5 Å². The third-order valence-electron chi connectivity index (χ3n) is 2.92. The average molecular weight is 451 g/mol. The average Bonchev–Trinajstić information content (AvgIpc) is 2.55. The summed E-state index contributed by atoms with van der Waals surface area (Å²) in [6, 6.07) is 10.5. The van der Waals surface area contributed by atoms with Crippen molar-refractivity contribution in [2.75, 3.05) is 38.6 Å². The SMILES string of the molecule is CCNC(=NCCCCOCC)NCCSc1ccccc1.I. The highest BCUT2D eigenvalue weighted by Crippen LogP contribution is 2.15. The Morgan fingerprint density at radius 1 is 1.13 bits per heavy atom. The molecule has 1 aromatic rings. The number of aliphatic imine (C=N–C) groups is 1. The number of benzene rings is 1. The maximum atomic E-state index is 5.33. The van der Waals surface area contributed by atoms with Gasteiger partial charge < -0.3 is 15.4 Å². The van der Waals surface area contributed by atoms with Crippen LogP contribution in [0.3, 0.4) is 0 Å². The summed E-state index contributed by atoms with van der Waals surface area (Å²) in [6.07, 6.45) is 2.13. The van der Waals surface area contributed by atoms with Gasteiger partial charge in [0.1, 0.15) is 0 Å². The first-order valence-electron chi connectivity index (χ1n) is 8.14. The molecule has 0 spiro atoms. The Kier molecular flexibility index (Phi) is 16.1. The second-order valence-electron chi connectivity index (χ2n) is 4.75. The Morgan fingerprint density at radius 2 is 1.91 bits per heavy atom. The lowest BCUT2D eigenvalue weighted by Crippen LogP contribution is -2.38. The molecule has 6 heteroatoms. The summed E-state index contributed by atoms with van der Waals surface area (Å²) in [4.78, 5) is 5.89. The smallest absolute Gasteiger partial charge is 0.191 e. The standard InChI is InChI=1S/C17H29N3OS.HI/c1-3-18-17(19-12-8-9-14-21-4-2)20-13-15-22-16-10-6-5-7-11-16;/h5-7,10-11H,3-4,8-9,12-15H2,1-2H3,(H2,18,19,20);1H. The fourth-order valence-electron chi connectivity index (χ4n) is 1.85. The second kappa shape index (κ2) is 16.4.